The van der Waals surface area contributed by atoms with Gasteiger partial charge in [-0.3, -0.25) is 18.1 Å². The molecule has 12 atom stereocenters. The summed E-state index contributed by atoms with van der Waals surface area (Å²) in [6.45, 7) is 45.2. The minimum Gasteiger partial charge on any atom is -0.388 e. The molecule has 0 aromatic carbocycles. The van der Waals surface area contributed by atoms with E-state index in [1.807, 2.05) is 0 Å². The molecule has 0 saturated carbocycles. The van der Waals surface area contributed by atoms with Crippen LogP contribution >= 0.6 is 50.0 Å². The normalized spacial score (nSPS) is 15.7. The number of phosphoric acid groups is 2. The first-order valence-corrected chi connectivity index (χ1v) is 62.1. The standard InChI is InChI=1S/C104H215FO15P6/c1-19-37-55-99(56-38-20-2,57-39-21-3)86-111-73-93(82-122-92-105)81-121-84-97(79-115-90-103(67-49-31-13,68-50-32-14)69-51-33-15)124-85-98(80-116-91-104(70-52-34-16,71-53-35-17)72-54-36-18)123-83-96(77-114-89-102(64-46-28-10,65-47-29-11)66-48-30-12)120-126(109,110)118-78-95(76-113-88-101(61-43-25-7,62-44-26-8)63-45-27-9)119-125(107,108)117-75-94(106)74-112-87-100(58-40-22-4,59-41-23-5)60-42-24-6/h93-98,106,121-124H,19-92H2,1-18H3,(H,107,108)(H,109,110). The monoisotopic (exact) mass is 1910 g/mol. The van der Waals surface area contributed by atoms with E-state index in [0.717, 1.165) is 250 Å². The lowest BCUT2D eigenvalue weighted by atomic mass is 9.75. The van der Waals surface area contributed by atoms with Crippen molar-refractivity contribution in [2.45, 2.75) is 501 Å². The van der Waals surface area contributed by atoms with Gasteiger partial charge in [-0.25, -0.2) is 13.5 Å². The molecule has 22 heteroatoms. The van der Waals surface area contributed by atoms with Gasteiger partial charge in [0.25, 0.3) is 0 Å². The topological polar surface area (TPSA) is 187 Å². The number of unbranched alkanes of at least 4 members (excludes halogenated alkanes) is 18. The molecule has 0 saturated heterocycles. The van der Waals surface area contributed by atoms with Crippen LogP contribution in [-0.2, 0) is 55.6 Å². The molecular weight excluding hydrogens is 1690 g/mol. The van der Waals surface area contributed by atoms with Crippen molar-refractivity contribution in [3.05, 3.63) is 0 Å². The third kappa shape index (κ3) is 63.2. The molecule has 126 heavy (non-hydrogen) atoms. The molecule has 15 nitrogen and oxygen atoms in total. The van der Waals surface area contributed by atoms with Crippen molar-refractivity contribution in [2.75, 3.05) is 130 Å². The van der Waals surface area contributed by atoms with E-state index in [2.05, 4.69) is 125 Å². The number of alkyl halides is 1. The molecule has 0 spiro atoms. The molecule has 758 valence electrons. The summed E-state index contributed by atoms with van der Waals surface area (Å²) in [4.78, 5) is 24.2. The molecule has 0 fully saturated rings. The molecule has 3 N–H and O–H groups in total. The Labute approximate surface area is 789 Å². The molecule has 0 aliphatic carbocycles. The smallest absolute Gasteiger partial charge is 0.388 e. The first-order valence-electron chi connectivity index (χ1n) is 53.8. The number of aliphatic hydroxyl groups is 1. The van der Waals surface area contributed by atoms with Crippen molar-refractivity contribution >= 4 is 50.0 Å². The second-order valence-electron chi connectivity index (χ2n) is 39.9. The number of phosphoric ester groups is 2. The lowest BCUT2D eigenvalue weighted by molar-refractivity contribution is -0.0507. The number of ether oxygens (including phenoxy) is 6. The first kappa shape index (κ1) is 128. The highest BCUT2D eigenvalue weighted by Crippen LogP contribution is 2.51. The van der Waals surface area contributed by atoms with Gasteiger partial charge in [0, 0.05) is 11.3 Å². The second kappa shape index (κ2) is 82.5. The third-order valence-electron chi connectivity index (χ3n) is 27.5. The van der Waals surface area contributed by atoms with E-state index in [1.165, 1.54) is 135 Å². The second-order valence-corrected chi connectivity index (χ2v) is 48.5. The Morgan fingerprint density at radius 1 is 0.262 bits per heavy atom. The maximum atomic E-state index is 15.3. The Kier molecular flexibility index (Phi) is 83.5. The van der Waals surface area contributed by atoms with Gasteiger partial charge in [0.15, 0.2) is 0 Å². The van der Waals surface area contributed by atoms with E-state index < -0.39 is 47.2 Å². The molecule has 0 aliphatic rings. The number of hydrogen-bond donors (Lipinski definition) is 3. The van der Waals surface area contributed by atoms with Crippen LogP contribution in [-0.4, -0.2) is 174 Å². The number of hydrogen-bond acceptors (Lipinski definition) is 13. The molecule has 12 unspecified atom stereocenters. The van der Waals surface area contributed by atoms with Crippen molar-refractivity contribution in [3.8, 4) is 0 Å². The number of rotatable bonds is 101. The van der Waals surface area contributed by atoms with Crippen LogP contribution in [0.2, 0.25) is 0 Å². The van der Waals surface area contributed by atoms with Crippen LogP contribution in [0.3, 0.4) is 0 Å². The highest BCUT2D eigenvalue weighted by molar-refractivity contribution is 7.48. The fraction of sp³-hybridized carbons (Fsp3) is 1.00. The predicted molar refractivity (Wildman–Crippen MR) is 553 cm³/mol. The van der Waals surface area contributed by atoms with Crippen molar-refractivity contribution in [3.63, 3.8) is 0 Å². The van der Waals surface area contributed by atoms with Crippen molar-refractivity contribution in [2.24, 2.45) is 38.4 Å². The molecule has 0 radical (unpaired) electrons. The van der Waals surface area contributed by atoms with Gasteiger partial charge in [0.05, 0.1) is 98.6 Å². The van der Waals surface area contributed by atoms with Crippen LogP contribution in [0.15, 0.2) is 0 Å². The summed E-state index contributed by atoms with van der Waals surface area (Å²) < 4.78 is 110. The van der Waals surface area contributed by atoms with Crippen LogP contribution in [0, 0.1) is 38.4 Å². The molecule has 0 amide bonds. The fourth-order valence-corrected chi connectivity index (χ4v) is 27.3. The largest absolute Gasteiger partial charge is 0.472 e. The van der Waals surface area contributed by atoms with Crippen LogP contribution in [0.1, 0.15) is 471 Å². The van der Waals surface area contributed by atoms with Gasteiger partial charge in [-0.1, -0.05) is 364 Å². The van der Waals surface area contributed by atoms with Gasteiger partial charge in [-0.15, -0.1) is 25.7 Å². The molecule has 0 aliphatic heterocycles. The molecular formula is C104H215FO15P6. The highest BCUT2D eigenvalue weighted by atomic mass is 31.2. The summed E-state index contributed by atoms with van der Waals surface area (Å²) in [7, 11) is -8.18. The summed E-state index contributed by atoms with van der Waals surface area (Å²) in [5.41, 5.74) is 0.669. The minimum atomic E-state index is -5.02. The quantitative estimate of drug-likeness (QED) is 0.0488. The highest BCUT2D eigenvalue weighted by Gasteiger charge is 2.39. The molecule has 0 heterocycles. The molecule has 0 aromatic heterocycles. The zero-order valence-corrected chi connectivity index (χ0v) is 92.1. The average molecular weight is 1910 g/mol. The van der Waals surface area contributed by atoms with Gasteiger partial charge in [-0.2, -0.15) is 0 Å². The molecule has 0 aromatic rings. The van der Waals surface area contributed by atoms with E-state index in [9.17, 15) is 23.8 Å². The van der Waals surface area contributed by atoms with Crippen LogP contribution < -0.4 is 0 Å². The van der Waals surface area contributed by atoms with Gasteiger partial charge in [0.2, 0.25) is 0 Å². The fourth-order valence-electron chi connectivity index (χ4n) is 19.0. The van der Waals surface area contributed by atoms with Crippen molar-refractivity contribution in [1.82, 2.24) is 0 Å². The van der Waals surface area contributed by atoms with Crippen LogP contribution in [0.5, 0.6) is 0 Å². The Hall–Kier alpha value is 1.59. The van der Waals surface area contributed by atoms with Gasteiger partial charge < -0.3 is 43.3 Å². The summed E-state index contributed by atoms with van der Waals surface area (Å²) in [5.74, 6) is 0.306. The number of halogens is 1. The van der Waals surface area contributed by atoms with E-state index in [-0.39, 0.29) is 81.5 Å². The molecule has 0 bridgehead atoms. The summed E-state index contributed by atoms with van der Waals surface area (Å²) >= 11 is 0. The lowest BCUT2D eigenvalue weighted by Gasteiger charge is -2.36. The van der Waals surface area contributed by atoms with Gasteiger partial charge in [-0.05, 0) is 185 Å². The summed E-state index contributed by atoms with van der Waals surface area (Å²) in [6.07, 6.45) is 61.1. The average Bonchev–Trinajstić information content (AvgIpc) is 0.870. The van der Waals surface area contributed by atoms with E-state index in [0.29, 0.717) is 81.1 Å². The van der Waals surface area contributed by atoms with Gasteiger partial charge >= 0.3 is 15.6 Å². The maximum Gasteiger partial charge on any atom is 0.472 e. The third-order valence-corrected chi connectivity index (χ3v) is 36.4. The maximum absolute atomic E-state index is 15.3. The van der Waals surface area contributed by atoms with Crippen LogP contribution in [0.4, 0.5) is 4.39 Å². The predicted octanol–water partition coefficient (Wildman–Crippen LogP) is 32.8. The Morgan fingerprint density at radius 2 is 0.484 bits per heavy atom. The lowest BCUT2D eigenvalue weighted by Crippen LogP contribution is -2.33. The summed E-state index contributed by atoms with van der Waals surface area (Å²) in [5, 5.41) is 11.4. The van der Waals surface area contributed by atoms with Crippen molar-refractivity contribution in [1.29, 1.82) is 0 Å². The zero-order chi connectivity index (χ0) is 93.7. The Balaban J connectivity index is 8.50. The van der Waals surface area contributed by atoms with E-state index >= 15 is 4.57 Å². The SMILES string of the molecule is CCCCC(CCCC)(CCCC)COCC(O)COP(=O)(O)OC(COCC(CCCC)(CCCC)CCCC)COP(=O)(O)OC(COCC(CCCC)(CCCC)CCCC)CPC(COCC(CCCC)(CCCC)CCCC)CPC(COCC(CCCC)(CCCC)CCCC)CPCC(COCC(CCCC)(CCCC)CCCC)CPCF. The number of aliphatic hydroxyl groups excluding tert-OH is 1. The van der Waals surface area contributed by atoms with Gasteiger partial charge in [0.1, 0.15) is 18.6 Å². The first-order chi connectivity index (χ1) is 60.9. The minimum absolute atomic E-state index is 0.00613. The van der Waals surface area contributed by atoms with Crippen LogP contribution in [0.25, 0.3) is 0 Å². The zero-order valence-electron chi connectivity index (χ0n) is 86.3. The van der Waals surface area contributed by atoms with E-state index in [4.69, 9.17) is 46.5 Å². The van der Waals surface area contributed by atoms with Crippen molar-refractivity contribution < 1.29 is 74.9 Å². The van der Waals surface area contributed by atoms with E-state index in [1.54, 1.807) is 0 Å². The Bertz CT molecular complexity index is 2330. The molecule has 0 rings (SSSR count). The summed E-state index contributed by atoms with van der Waals surface area (Å²) in [6, 6.07) is 0. The Morgan fingerprint density at radius 3 is 0.762 bits per heavy atom.